The lowest BCUT2D eigenvalue weighted by Gasteiger charge is -2.28. The van der Waals surface area contributed by atoms with Crippen molar-refractivity contribution in [3.8, 4) is 16.9 Å². The molecule has 256 valence electrons. The number of nitrogens with zero attached hydrogens (tertiary/aromatic N) is 3. The fourth-order valence-corrected chi connectivity index (χ4v) is 6.79. The van der Waals surface area contributed by atoms with E-state index < -0.39 is 6.16 Å². The lowest BCUT2D eigenvalue weighted by atomic mass is 9.96. The van der Waals surface area contributed by atoms with Crippen LogP contribution in [-0.4, -0.2) is 39.4 Å². The maximum Gasteiger partial charge on any atom is 0.511 e. The number of aromatic nitrogens is 2. The molecule has 0 atom stereocenters. The van der Waals surface area contributed by atoms with Gasteiger partial charge in [-0.05, 0) is 61.1 Å². The molecule has 4 aromatic rings. The number of aryl methyl sites for hydroxylation is 1. The fraction of sp³-hybridized carbons (Fsp3) is 0.475. The van der Waals surface area contributed by atoms with Gasteiger partial charge in [-0.3, -0.25) is 4.90 Å². The van der Waals surface area contributed by atoms with Gasteiger partial charge in [0, 0.05) is 36.8 Å². The molecule has 2 amide bonds. The van der Waals surface area contributed by atoms with Crippen LogP contribution in [0.25, 0.3) is 22.2 Å². The van der Waals surface area contributed by atoms with E-state index in [1.54, 1.807) is 12.1 Å². The summed E-state index contributed by atoms with van der Waals surface area (Å²) < 4.78 is 7.32. The SMILES string of the molecule is CCCCCCCCN(C(=O)NC1CCCCC1)c1ccc2nc(CCCC)n(Cc3ccc(-c4ccccc4OC(=O)O)cc3)c2c1. The van der Waals surface area contributed by atoms with Crippen LogP contribution in [0.1, 0.15) is 109 Å². The number of fused-ring (bicyclic) bond motifs is 1. The molecule has 0 aliphatic heterocycles. The Balaban J connectivity index is 1.42. The number of anilines is 1. The van der Waals surface area contributed by atoms with Crippen LogP contribution in [0.4, 0.5) is 15.3 Å². The van der Waals surface area contributed by atoms with Crippen molar-refractivity contribution >= 4 is 28.9 Å². The number of carbonyl (C=O) groups excluding carboxylic acids is 1. The van der Waals surface area contributed by atoms with Gasteiger partial charge in [0.2, 0.25) is 0 Å². The molecule has 0 radical (unpaired) electrons. The van der Waals surface area contributed by atoms with Crippen LogP contribution in [-0.2, 0) is 13.0 Å². The van der Waals surface area contributed by atoms with E-state index >= 15 is 0 Å². The second kappa shape index (κ2) is 17.7. The number of urea groups is 1. The van der Waals surface area contributed by atoms with E-state index in [2.05, 4.69) is 54.1 Å². The molecule has 1 aliphatic carbocycles. The number of imidazole rings is 1. The van der Waals surface area contributed by atoms with Gasteiger partial charge in [0.15, 0.2) is 0 Å². The average Bonchev–Trinajstić information content (AvgIpc) is 3.43. The molecule has 5 rings (SSSR count). The molecule has 0 unspecified atom stereocenters. The van der Waals surface area contributed by atoms with Crippen LogP contribution in [0.15, 0.2) is 66.7 Å². The van der Waals surface area contributed by atoms with Crippen molar-refractivity contribution in [2.45, 2.75) is 116 Å². The first kappa shape index (κ1) is 35.0. The zero-order chi connectivity index (χ0) is 33.7. The average molecular weight is 653 g/mol. The van der Waals surface area contributed by atoms with E-state index in [0.717, 1.165) is 84.2 Å². The largest absolute Gasteiger partial charge is 0.511 e. The molecule has 1 fully saturated rings. The Kier molecular flexibility index (Phi) is 12.9. The van der Waals surface area contributed by atoms with E-state index in [0.29, 0.717) is 18.8 Å². The lowest BCUT2D eigenvalue weighted by Crippen LogP contribution is -2.46. The Hall–Kier alpha value is -4.33. The number of hydrogen-bond donors (Lipinski definition) is 2. The predicted octanol–water partition coefficient (Wildman–Crippen LogP) is 10.4. The van der Waals surface area contributed by atoms with Crippen LogP contribution >= 0.6 is 0 Å². The van der Waals surface area contributed by atoms with Crippen molar-refractivity contribution in [2.24, 2.45) is 0 Å². The van der Waals surface area contributed by atoms with Crippen molar-refractivity contribution in [1.82, 2.24) is 14.9 Å². The van der Waals surface area contributed by atoms with Gasteiger partial charge in [0.05, 0.1) is 11.0 Å². The highest BCUT2D eigenvalue weighted by Gasteiger charge is 2.22. The number of unbranched alkanes of at least 4 members (excludes halogenated alkanes) is 6. The Morgan fingerprint density at radius 1 is 0.896 bits per heavy atom. The third-order valence-electron chi connectivity index (χ3n) is 9.48. The summed E-state index contributed by atoms with van der Waals surface area (Å²) in [7, 11) is 0. The predicted molar refractivity (Wildman–Crippen MR) is 194 cm³/mol. The van der Waals surface area contributed by atoms with Gasteiger partial charge in [-0.25, -0.2) is 14.6 Å². The number of nitrogens with one attached hydrogen (secondary N) is 1. The fourth-order valence-electron chi connectivity index (χ4n) is 6.79. The number of rotatable bonds is 16. The molecular weight excluding hydrogens is 600 g/mol. The highest BCUT2D eigenvalue weighted by Crippen LogP contribution is 2.31. The summed E-state index contributed by atoms with van der Waals surface area (Å²) in [5.74, 6) is 1.35. The highest BCUT2D eigenvalue weighted by molar-refractivity contribution is 5.94. The van der Waals surface area contributed by atoms with Crippen molar-refractivity contribution in [3.05, 3.63) is 78.1 Å². The number of carbonyl (C=O) groups is 2. The number of benzene rings is 3. The Morgan fingerprint density at radius 3 is 2.38 bits per heavy atom. The maximum absolute atomic E-state index is 13.8. The monoisotopic (exact) mass is 652 g/mol. The summed E-state index contributed by atoms with van der Waals surface area (Å²) in [6, 6.07) is 21.9. The molecule has 1 aromatic heterocycles. The standard InChI is InChI=1S/C40H52N4O4/c1-3-5-7-8-9-15-27-43(39(45)41-32-16-11-10-12-17-32)33-25-26-35-36(28-33)44(38(42-35)20-6-4-2)29-30-21-23-31(24-22-30)34-18-13-14-19-37(34)48-40(46)47/h13-14,18-19,21-26,28,32H,3-12,15-17,20,27,29H2,1-2H3,(H,41,45)(H,46,47). The Bertz CT molecular complexity index is 1620. The summed E-state index contributed by atoms with van der Waals surface area (Å²) in [6.07, 6.45) is 14.4. The molecule has 0 bridgehead atoms. The second-order valence-electron chi connectivity index (χ2n) is 13.2. The topological polar surface area (TPSA) is 96.7 Å². The number of ether oxygens (including phenoxy) is 1. The van der Waals surface area contributed by atoms with Gasteiger partial charge >= 0.3 is 12.2 Å². The summed E-state index contributed by atoms with van der Waals surface area (Å²) in [5, 5.41) is 12.6. The molecule has 8 heteroatoms. The van der Waals surface area contributed by atoms with Gasteiger partial charge in [0.25, 0.3) is 0 Å². The molecule has 48 heavy (non-hydrogen) atoms. The third-order valence-corrected chi connectivity index (χ3v) is 9.48. The quantitative estimate of drug-likeness (QED) is 0.0713. The van der Waals surface area contributed by atoms with Crippen molar-refractivity contribution < 1.29 is 19.4 Å². The van der Waals surface area contributed by atoms with E-state index in [4.69, 9.17) is 9.72 Å². The second-order valence-corrected chi connectivity index (χ2v) is 13.2. The molecule has 1 saturated carbocycles. The molecule has 1 aliphatic rings. The van der Waals surface area contributed by atoms with Gasteiger partial charge in [-0.2, -0.15) is 0 Å². The van der Waals surface area contributed by atoms with Gasteiger partial charge in [-0.1, -0.05) is 114 Å². The Labute approximate surface area is 285 Å². The highest BCUT2D eigenvalue weighted by atomic mass is 16.7. The van der Waals surface area contributed by atoms with E-state index in [-0.39, 0.29) is 12.1 Å². The molecule has 2 N–H and O–H groups in total. The molecule has 0 spiro atoms. The van der Waals surface area contributed by atoms with E-state index in [1.165, 1.54) is 44.9 Å². The zero-order valence-corrected chi connectivity index (χ0v) is 28.8. The lowest BCUT2D eigenvalue weighted by molar-refractivity contribution is 0.144. The van der Waals surface area contributed by atoms with E-state index in [1.807, 2.05) is 29.2 Å². The first-order chi connectivity index (χ1) is 23.5. The minimum atomic E-state index is -1.33. The minimum Gasteiger partial charge on any atom is -0.449 e. The van der Waals surface area contributed by atoms with Gasteiger partial charge < -0.3 is 19.7 Å². The third kappa shape index (κ3) is 9.39. The summed E-state index contributed by atoms with van der Waals surface area (Å²) >= 11 is 0. The smallest absolute Gasteiger partial charge is 0.449 e. The number of para-hydroxylation sites is 1. The number of carboxylic acid groups (broad SMARTS) is 1. The Morgan fingerprint density at radius 2 is 1.62 bits per heavy atom. The molecule has 8 nitrogen and oxygen atoms in total. The molecular formula is C40H52N4O4. The molecule has 3 aromatic carbocycles. The summed E-state index contributed by atoms with van der Waals surface area (Å²) in [4.78, 5) is 32.1. The van der Waals surface area contributed by atoms with Crippen molar-refractivity contribution in [2.75, 3.05) is 11.4 Å². The van der Waals surface area contributed by atoms with Gasteiger partial charge in [-0.15, -0.1) is 0 Å². The van der Waals surface area contributed by atoms with Crippen LogP contribution < -0.4 is 15.0 Å². The maximum atomic E-state index is 13.8. The summed E-state index contributed by atoms with van der Waals surface area (Å²) in [5.41, 5.74) is 5.60. The van der Waals surface area contributed by atoms with Crippen LogP contribution in [0, 0.1) is 0 Å². The van der Waals surface area contributed by atoms with Gasteiger partial charge in [0.1, 0.15) is 11.6 Å². The van der Waals surface area contributed by atoms with E-state index in [9.17, 15) is 14.7 Å². The zero-order valence-electron chi connectivity index (χ0n) is 28.8. The minimum absolute atomic E-state index is 0.00910. The first-order valence-corrected chi connectivity index (χ1v) is 18.1. The van der Waals surface area contributed by atoms with Crippen molar-refractivity contribution in [1.29, 1.82) is 0 Å². The normalized spacial score (nSPS) is 13.5. The first-order valence-electron chi connectivity index (χ1n) is 18.1. The molecule has 1 heterocycles. The summed E-state index contributed by atoms with van der Waals surface area (Å²) in [6.45, 7) is 5.77. The van der Waals surface area contributed by atoms with Crippen LogP contribution in [0.3, 0.4) is 0 Å². The van der Waals surface area contributed by atoms with Crippen LogP contribution in [0.5, 0.6) is 5.75 Å². The number of amides is 2. The number of hydrogen-bond acceptors (Lipinski definition) is 4. The van der Waals surface area contributed by atoms with Crippen LogP contribution in [0.2, 0.25) is 0 Å². The van der Waals surface area contributed by atoms with Crippen molar-refractivity contribution in [3.63, 3.8) is 0 Å². The molecule has 0 saturated heterocycles.